The van der Waals surface area contributed by atoms with Gasteiger partial charge in [-0.05, 0) is 39.2 Å². The van der Waals surface area contributed by atoms with E-state index < -0.39 is 0 Å². The normalized spacial score (nSPS) is 29.8. The number of aryl methyl sites for hydroxylation is 1. The third-order valence-electron chi connectivity index (χ3n) is 8.12. The van der Waals surface area contributed by atoms with Gasteiger partial charge in [0, 0.05) is 51.5 Å². The molecule has 1 N–H and O–H groups in total. The van der Waals surface area contributed by atoms with Crippen molar-refractivity contribution >= 4 is 11.8 Å². The average Bonchev–Trinajstić information content (AvgIpc) is 3.27. The van der Waals surface area contributed by atoms with Crippen LogP contribution in [0.2, 0.25) is 0 Å². The summed E-state index contributed by atoms with van der Waals surface area (Å²) < 4.78 is 2.05. The van der Waals surface area contributed by atoms with Gasteiger partial charge in [0.25, 0.3) is 0 Å². The van der Waals surface area contributed by atoms with Crippen LogP contribution in [0.5, 0.6) is 0 Å². The van der Waals surface area contributed by atoms with Crippen LogP contribution >= 0.6 is 0 Å². The van der Waals surface area contributed by atoms with Crippen molar-refractivity contribution in [3.05, 3.63) is 18.2 Å². The topological polar surface area (TPSA) is 73.7 Å². The summed E-state index contributed by atoms with van der Waals surface area (Å²) in [6, 6.07) is 0.647. The molecular weight excluding hydrogens is 380 g/mol. The minimum absolute atomic E-state index is 0.0606. The van der Waals surface area contributed by atoms with Crippen molar-refractivity contribution in [2.24, 2.45) is 7.05 Å². The summed E-state index contributed by atoms with van der Waals surface area (Å²) in [4.78, 5) is 37.3. The summed E-state index contributed by atoms with van der Waals surface area (Å²) in [5.41, 5.74) is 0.811. The molecule has 1 aromatic heterocycles. The molecule has 2 atom stereocenters. The SMILES string of the molecule is CN(C1CCC1)[C@H]1C[C@H]2C(=O)NC3(CCN(Cc4cncn4C)CC3)CC(=O)N2C1. The van der Waals surface area contributed by atoms with Crippen LogP contribution in [0.1, 0.15) is 50.6 Å². The van der Waals surface area contributed by atoms with Crippen LogP contribution in [0.3, 0.4) is 0 Å². The van der Waals surface area contributed by atoms with Crippen molar-refractivity contribution in [2.45, 2.75) is 75.2 Å². The molecule has 1 aromatic rings. The van der Waals surface area contributed by atoms with Crippen molar-refractivity contribution in [1.82, 2.24) is 29.6 Å². The summed E-state index contributed by atoms with van der Waals surface area (Å²) in [6.45, 7) is 3.33. The Morgan fingerprint density at radius 2 is 2.00 bits per heavy atom. The number of amides is 2. The molecule has 0 bridgehead atoms. The second-order valence-corrected chi connectivity index (χ2v) is 9.92. The van der Waals surface area contributed by atoms with Crippen LogP contribution in [0, 0.1) is 0 Å². The predicted octanol–water partition coefficient (Wildman–Crippen LogP) is 0.728. The van der Waals surface area contributed by atoms with E-state index in [1.165, 1.54) is 25.0 Å². The van der Waals surface area contributed by atoms with Crippen LogP contribution in [0.15, 0.2) is 12.5 Å². The largest absolute Gasteiger partial charge is 0.348 e. The lowest BCUT2D eigenvalue weighted by atomic mass is 9.84. The highest BCUT2D eigenvalue weighted by molar-refractivity contribution is 5.92. The summed E-state index contributed by atoms with van der Waals surface area (Å²) >= 11 is 0. The van der Waals surface area contributed by atoms with Crippen LogP contribution in [0.25, 0.3) is 0 Å². The summed E-state index contributed by atoms with van der Waals surface area (Å²) in [6.07, 6.45) is 10.4. The Bertz CT molecular complexity index is 782. The van der Waals surface area contributed by atoms with E-state index in [1.807, 2.05) is 29.0 Å². The zero-order valence-corrected chi connectivity index (χ0v) is 18.2. The van der Waals surface area contributed by atoms with E-state index in [1.54, 1.807) is 0 Å². The fraction of sp³-hybridized carbons (Fsp3) is 0.773. The molecule has 0 aromatic carbocycles. The Hall–Kier alpha value is -1.93. The number of fused-ring (bicyclic) bond motifs is 1. The zero-order valence-electron chi connectivity index (χ0n) is 18.2. The van der Waals surface area contributed by atoms with Gasteiger partial charge in [-0.1, -0.05) is 6.42 Å². The maximum absolute atomic E-state index is 13.2. The van der Waals surface area contributed by atoms with Crippen LogP contribution < -0.4 is 5.32 Å². The van der Waals surface area contributed by atoms with Gasteiger partial charge in [-0.25, -0.2) is 4.98 Å². The number of likely N-dealkylation sites (N-methyl/N-ethyl adjacent to an activating group) is 1. The van der Waals surface area contributed by atoms with Crippen LogP contribution in [0.4, 0.5) is 0 Å². The van der Waals surface area contributed by atoms with Gasteiger partial charge in [0.15, 0.2) is 0 Å². The van der Waals surface area contributed by atoms with Crippen LogP contribution in [-0.2, 0) is 23.2 Å². The van der Waals surface area contributed by atoms with Gasteiger partial charge in [0.2, 0.25) is 11.8 Å². The number of hydrogen-bond donors (Lipinski definition) is 1. The molecule has 4 fully saturated rings. The molecule has 5 rings (SSSR count). The number of carbonyl (C=O) groups excluding carboxylic acids is 2. The standard InChI is InChI=1S/C22H34N6O2/c1-25-15-23-12-18(25)13-27-8-6-22(7-9-27)11-20(29)28-14-17(10-19(28)21(30)24-22)26(2)16-4-3-5-16/h12,15-17,19H,3-11,13-14H2,1-2H3,(H,24,30)/t17-,19-/m0/s1. The molecule has 4 heterocycles. The highest BCUT2D eigenvalue weighted by Gasteiger charge is 2.50. The monoisotopic (exact) mass is 414 g/mol. The van der Waals surface area contributed by atoms with E-state index in [-0.39, 0.29) is 23.4 Å². The molecule has 164 valence electrons. The molecule has 3 saturated heterocycles. The van der Waals surface area contributed by atoms with Crippen LogP contribution in [-0.4, -0.2) is 86.4 Å². The Morgan fingerprint density at radius 1 is 1.23 bits per heavy atom. The molecule has 8 nitrogen and oxygen atoms in total. The molecular formula is C22H34N6O2. The lowest BCUT2D eigenvalue weighted by Crippen LogP contribution is -2.56. The highest BCUT2D eigenvalue weighted by atomic mass is 16.2. The minimum atomic E-state index is -0.378. The lowest BCUT2D eigenvalue weighted by Gasteiger charge is -2.41. The number of piperidine rings is 1. The third kappa shape index (κ3) is 3.54. The van der Waals surface area contributed by atoms with Gasteiger partial charge < -0.3 is 14.8 Å². The summed E-state index contributed by atoms with van der Waals surface area (Å²) in [7, 11) is 4.18. The van der Waals surface area contributed by atoms with Gasteiger partial charge in [0.05, 0.1) is 24.0 Å². The first-order valence-corrected chi connectivity index (χ1v) is 11.5. The van der Waals surface area contributed by atoms with Gasteiger partial charge in [-0.2, -0.15) is 0 Å². The van der Waals surface area contributed by atoms with E-state index in [2.05, 4.69) is 27.1 Å². The summed E-state index contributed by atoms with van der Waals surface area (Å²) in [5, 5.41) is 3.34. The molecule has 4 aliphatic rings. The van der Waals surface area contributed by atoms with Gasteiger partial charge in [-0.15, -0.1) is 0 Å². The van der Waals surface area contributed by atoms with E-state index in [9.17, 15) is 9.59 Å². The van der Waals surface area contributed by atoms with E-state index >= 15 is 0 Å². The van der Waals surface area contributed by atoms with Gasteiger partial charge in [-0.3, -0.25) is 19.4 Å². The highest BCUT2D eigenvalue weighted by Crippen LogP contribution is 2.35. The lowest BCUT2D eigenvalue weighted by molar-refractivity contribution is -0.135. The number of likely N-dealkylation sites (tertiary alicyclic amines) is 1. The second kappa shape index (κ2) is 7.64. The molecule has 1 spiro atoms. The number of nitrogens with one attached hydrogen (secondary N) is 1. The number of carbonyl (C=O) groups is 2. The third-order valence-corrected chi connectivity index (χ3v) is 8.12. The quantitative estimate of drug-likeness (QED) is 0.786. The van der Waals surface area contributed by atoms with Gasteiger partial charge >= 0.3 is 0 Å². The maximum Gasteiger partial charge on any atom is 0.243 e. The van der Waals surface area contributed by atoms with Crippen molar-refractivity contribution in [3.8, 4) is 0 Å². The number of rotatable bonds is 4. The molecule has 1 saturated carbocycles. The zero-order chi connectivity index (χ0) is 20.9. The molecule has 8 heteroatoms. The van der Waals surface area contributed by atoms with Crippen molar-refractivity contribution in [3.63, 3.8) is 0 Å². The maximum atomic E-state index is 13.2. The first-order chi connectivity index (χ1) is 14.4. The second-order valence-electron chi connectivity index (χ2n) is 9.92. The Balaban J connectivity index is 1.22. The molecule has 0 radical (unpaired) electrons. The molecule has 3 aliphatic heterocycles. The predicted molar refractivity (Wildman–Crippen MR) is 113 cm³/mol. The first kappa shape index (κ1) is 20.0. The van der Waals surface area contributed by atoms with E-state index in [0.717, 1.165) is 38.9 Å². The number of imidazole rings is 1. The number of nitrogens with zero attached hydrogens (tertiary/aromatic N) is 5. The van der Waals surface area contributed by atoms with Crippen molar-refractivity contribution < 1.29 is 9.59 Å². The Labute approximate surface area is 178 Å². The summed E-state index contributed by atoms with van der Waals surface area (Å²) in [5.74, 6) is 0.216. The van der Waals surface area contributed by atoms with Gasteiger partial charge in [0.1, 0.15) is 6.04 Å². The number of hydrogen-bond acceptors (Lipinski definition) is 5. The fourth-order valence-corrected chi connectivity index (χ4v) is 5.71. The van der Waals surface area contributed by atoms with Crippen molar-refractivity contribution in [1.29, 1.82) is 0 Å². The number of aromatic nitrogens is 2. The van der Waals surface area contributed by atoms with E-state index in [4.69, 9.17) is 0 Å². The first-order valence-electron chi connectivity index (χ1n) is 11.5. The molecule has 30 heavy (non-hydrogen) atoms. The average molecular weight is 415 g/mol. The Kier molecular flexibility index (Phi) is 5.09. The van der Waals surface area contributed by atoms with Crippen molar-refractivity contribution in [2.75, 3.05) is 26.7 Å². The molecule has 2 amide bonds. The van der Waals surface area contributed by atoms with E-state index in [0.29, 0.717) is 25.0 Å². The minimum Gasteiger partial charge on any atom is -0.348 e. The molecule has 1 aliphatic carbocycles. The smallest absolute Gasteiger partial charge is 0.243 e. The fourth-order valence-electron chi connectivity index (χ4n) is 5.71. The Morgan fingerprint density at radius 3 is 2.63 bits per heavy atom. The molecule has 0 unspecified atom stereocenters.